The molecule has 3 aromatic rings. The zero-order chi connectivity index (χ0) is 24.1. The lowest BCUT2D eigenvalue weighted by Gasteiger charge is -2.30. The maximum atomic E-state index is 13.4. The molecule has 1 fully saturated rings. The number of hydrogen-bond donors (Lipinski definition) is 2. The van der Waals surface area contributed by atoms with E-state index in [2.05, 4.69) is 22.1 Å². The van der Waals surface area contributed by atoms with Crippen molar-refractivity contribution in [3.05, 3.63) is 64.4 Å². The Morgan fingerprint density at radius 1 is 1.12 bits per heavy atom. The van der Waals surface area contributed by atoms with Gasteiger partial charge in [0.25, 0.3) is 5.56 Å². The van der Waals surface area contributed by atoms with Gasteiger partial charge in [-0.2, -0.15) is 0 Å². The fraction of sp³-hybridized carbons (Fsp3) is 0.385. The van der Waals surface area contributed by atoms with E-state index in [1.165, 1.54) is 0 Å². The number of fused-ring (bicyclic) bond motifs is 1. The SMILES string of the molecule is CCN1CCCC1CN(Cc1cc2cc(OC)ccc2[nH]c1=O)C(=O)Nc1ccc(OC)cc1. The summed E-state index contributed by atoms with van der Waals surface area (Å²) in [5.41, 5.74) is 1.74. The molecule has 0 saturated carbocycles. The summed E-state index contributed by atoms with van der Waals surface area (Å²) < 4.78 is 10.5. The van der Waals surface area contributed by atoms with Crippen LogP contribution in [-0.4, -0.2) is 60.7 Å². The third-order valence-electron chi connectivity index (χ3n) is 6.45. The van der Waals surface area contributed by atoms with Crippen molar-refractivity contribution in [2.75, 3.05) is 39.2 Å². The molecule has 8 heteroatoms. The van der Waals surface area contributed by atoms with Crippen molar-refractivity contribution in [1.82, 2.24) is 14.8 Å². The van der Waals surface area contributed by atoms with Crippen molar-refractivity contribution < 1.29 is 14.3 Å². The number of rotatable bonds is 8. The van der Waals surface area contributed by atoms with E-state index in [9.17, 15) is 9.59 Å². The van der Waals surface area contributed by atoms with Crippen LogP contribution >= 0.6 is 0 Å². The summed E-state index contributed by atoms with van der Waals surface area (Å²) in [5.74, 6) is 1.43. The number of benzene rings is 2. The van der Waals surface area contributed by atoms with Crippen molar-refractivity contribution >= 4 is 22.6 Å². The summed E-state index contributed by atoms with van der Waals surface area (Å²) in [6, 6.07) is 14.6. The lowest BCUT2D eigenvalue weighted by molar-refractivity contribution is 0.174. The van der Waals surface area contributed by atoms with E-state index in [-0.39, 0.29) is 24.2 Å². The van der Waals surface area contributed by atoms with Crippen LogP contribution in [0, 0.1) is 0 Å². The molecule has 2 aromatic carbocycles. The minimum absolute atomic E-state index is 0.196. The molecule has 1 aliphatic rings. The van der Waals surface area contributed by atoms with Gasteiger partial charge in [-0.05, 0) is 74.5 Å². The van der Waals surface area contributed by atoms with Gasteiger partial charge in [0.05, 0.1) is 20.8 Å². The number of aromatic nitrogens is 1. The number of pyridine rings is 1. The molecular weight excluding hydrogens is 432 g/mol. The van der Waals surface area contributed by atoms with E-state index in [1.807, 2.05) is 24.3 Å². The number of amides is 2. The van der Waals surface area contributed by atoms with E-state index in [0.29, 0.717) is 23.5 Å². The van der Waals surface area contributed by atoms with Crippen LogP contribution in [-0.2, 0) is 6.54 Å². The maximum absolute atomic E-state index is 13.4. The summed E-state index contributed by atoms with van der Waals surface area (Å²) in [6.45, 7) is 4.87. The molecule has 1 atom stereocenters. The normalized spacial score (nSPS) is 15.9. The Balaban J connectivity index is 1.61. The third kappa shape index (κ3) is 5.34. The first kappa shape index (κ1) is 23.6. The lowest BCUT2D eigenvalue weighted by Crippen LogP contribution is -2.45. The largest absolute Gasteiger partial charge is 0.497 e. The molecule has 0 spiro atoms. The Morgan fingerprint density at radius 3 is 2.56 bits per heavy atom. The van der Waals surface area contributed by atoms with Crippen LogP contribution in [0.15, 0.2) is 53.3 Å². The highest BCUT2D eigenvalue weighted by atomic mass is 16.5. The van der Waals surface area contributed by atoms with Gasteiger partial charge < -0.3 is 24.7 Å². The zero-order valence-electron chi connectivity index (χ0n) is 20.0. The Hall–Kier alpha value is -3.52. The second kappa shape index (κ2) is 10.6. The number of carbonyl (C=O) groups excluding carboxylic acids is 1. The van der Waals surface area contributed by atoms with Gasteiger partial charge in [0.2, 0.25) is 0 Å². The van der Waals surface area contributed by atoms with Crippen molar-refractivity contribution in [3.63, 3.8) is 0 Å². The number of likely N-dealkylation sites (N-methyl/N-ethyl adjacent to an activating group) is 1. The second-order valence-corrected chi connectivity index (χ2v) is 8.54. The number of hydrogen-bond acceptors (Lipinski definition) is 5. The first-order chi connectivity index (χ1) is 16.5. The smallest absolute Gasteiger partial charge is 0.322 e. The van der Waals surface area contributed by atoms with Gasteiger partial charge in [-0.3, -0.25) is 9.69 Å². The van der Waals surface area contributed by atoms with Crippen LogP contribution in [0.5, 0.6) is 11.5 Å². The van der Waals surface area contributed by atoms with Gasteiger partial charge in [0, 0.05) is 34.7 Å². The van der Waals surface area contributed by atoms with Crippen molar-refractivity contribution in [2.24, 2.45) is 0 Å². The van der Waals surface area contributed by atoms with E-state index in [0.717, 1.165) is 42.6 Å². The fourth-order valence-corrected chi connectivity index (χ4v) is 4.55. The Morgan fingerprint density at radius 2 is 1.85 bits per heavy atom. The minimum Gasteiger partial charge on any atom is -0.497 e. The highest BCUT2D eigenvalue weighted by Gasteiger charge is 2.28. The number of carbonyl (C=O) groups is 1. The van der Waals surface area contributed by atoms with Gasteiger partial charge >= 0.3 is 6.03 Å². The first-order valence-electron chi connectivity index (χ1n) is 11.6. The molecule has 2 N–H and O–H groups in total. The third-order valence-corrected chi connectivity index (χ3v) is 6.45. The minimum atomic E-state index is -0.238. The molecule has 4 rings (SSSR count). The number of nitrogens with one attached hydrogen (secondary N) is 2. The quantitative estimate of drug-likeness (QED) is 0.525. The number of nitrogens with zero attached hydrogens (tertiary/aromatic N) is 2. The molecule has 1 aromatic heterocycles. The van der Waals surface area contributed by atoms with Crippen molar-refractivity contribution in [2.45, 2.75) is 32.4 Å². The average Bonchev–Trinajstić information content (AvgIpc) is 3.31. The predicted molar refractivity (Wildman–Crippen MR) is 134 cm³/mol. The van der Waals surface area contributed by atoms with E-state index in [4.69, 9.17) is 9.47 Å². The molecule has 8 nitrogen and oxygen atoms in total. The monoisotopic (exact) mass is 464 g/mol. The Kier molecular flexibility index (Phi) is 7.37. The zero-order valence-corrected chi connectivity index (χ0v) is 20.0. The Bertz CT molecular complexity index is 1190. The van der Waals surface area contributed by atoms with Gasteiger partial charge in [-0.15, -0.1) is 0 Å². The highest BCUT2D eigenvalue weighted by molar-refractivity contribution is 5.89. The van der Waals surface area contributed by atoms with Gasteiger partial charge in [-0.1, -0.05) is 6.92 Å². The number of anilines is 1. The summed E-state index contributed by atoms with van der Waals surface area (Å²) in [4.78, 5) is 33.3. The van der Waals surface area contributed by atoms with Gasteiger partial charge in [0.1, 0.15) is 11.5 Å². The summed E-state index contributed by atoms with van der Waals surface area (Å²) in [5, 5.41) is 3.84. The number of ether oxygens (including phenoxy) is 2. The molecule has 0 aliphatic carbocycles. The van der Waals surface area contributed by atoms with E-state index >= 15 is 0 Å². The van der Waals surface area contributed by atoms with Gasteiger partial charge in [-0.25, -0.2) is 4.79 Å². The second-order valence-electron chi connectivity index (χ2n) is 8.54. The van der Waals surface area contributed by atoms with Crippen LogP contribution in [0.1, 0.15) is 25.3 Å². The van der Waals surface area contributed by atoms with E-state index in [1.54, 1.807) is 43.4 Å². The molecule has 0 bridgehead atoms. The molecule has 34 heavy (non-hydrogen) atoms. The molecule has 2 amide bonds. The highest BCUT2D eigenvalue weighted by Crippen LogP contribution is 2.22. The summed E-state index contributed by atoms with van der Waals surface area (Å²) in [6.07, 6.45) is 2.15. The summed E-state index contributed by atoms with van der Waals surface area (Å²) in [7, 11) is 3.22. The molecule has 0 radical (unpaired) electrons. The first-order valence-corrected chi connectivity index (χ1v) is 11.6. The molecule has 1 saturated heterocycles. The number of likely N-dealkylation sites (tertiary alicyclic amines) is 1. The number of H-pyrrole nitrogens is 1. The van der Waals surface area contributed by atoms with Crippen LogP contribution in [0.4, 0.5) is 10.5 Å². The molecule has 2 heterocycles. The molecular formula is C26H32N4O4. The predicted octanol–water partition coefficient (Wildman–Crippen LogP) is 4.06. The van der Waals surface area contributed by atoms with Gasteiger partial charge in [0.15, 0.2) is 0 Å². The number of methoxy groups -OCH3 is 2. The average molecular weight is 465 g/mol. The number of urea groups is 1. The molecule has 180 valence electrons. The van der Waals surface area contributed by atoms with Crippen molar-refractivity contribution in [3.8, 4) is 11.5 Å². The van der Waals surface area contributed by atoms with Crippen LogP contribution in [0.3, 0.4) is 0 Å². The standard InChI is InChI=1S/C26H32N4O4/c1-4-29-13-5-6-21(29)17-30(26(32)27-20-7-9-22(33-2)10-8-20)16-19-14-18-15-23(34-3)11-12-24(18)28-25(19)31/h7-12,14-15,21H,4-6,13,16-17H2,1-3H3,(H,27,32)(H,28,31). The maximum Gasteiger partial charge on any atom is 0.322 e. The molecule has 1 aliphatic heterocycles. The van der Waals surface area contributed by atoms with Crippen LogP contribution < -0.4 is 20.3 Å². The number of aromatic amines is 1. The molecule has 1 unspecified atom stereocenters. The van der Waals surface area contributed by atoms with Crippen LogP contribution in [0.2, 0.25) is 0 Å². The van der Waals surface area contributed by atoms with Crippen molar-refractivity contribution in [1.29, 1.82) is 0 Å². The van der Waals surface area contributed by atoms with Crippen LogP contribution in [0.25, 0.3) is 10.9 Å². The fourth-order valence-electron chi connectivity index (χ4n) is 4.55. The summed E-state index contributed by atoms with van der Waals surface area (Å²) >= 11 is 0. The van der Waals surface area contributed by atoms with E-state index < -0.39 is 0 Å². The lowest BCUT2D eigenvalue weighted by atomic mass is 10.1. The Labute approximate surface area is 199 Å². The topological polar surface area (TPSA) is 86.9 Å².